The number of hydrogen-bond acceptors (Lipinski definition) is 5. The molecule has 94 valence electrons. The summed E-state index contributed by atoms with van der Waals surface area (Å²) in [6, 6.07) is 0. The molecule has 3 rings (SSSR count). The third-order valence-corrected chi connectivity index (χ3v) is 3.63. The van der Waals surface area contributed by atoms with Gasteiger partial charge in [0.15, 0.2) is 6.29 Å². The van der Waals surface area contributed by atoms with Gasteiger partial charge in [0.05, 0.1) is 11.1 Å². The molecule has 2 N–H and O–H groups in total. The van der Waals surface area contributed by atoms with E-state index >= 15 is 0 Å². The monoisotopic (exact) mass is 248 g/mol. The van der Waals surface area contributed by atoms with Crippen molar-refractivity contribution in [1.29, 1.82) is 0 Å². The minimum absolute atomic E-state index is 0.0434. The highest BCUT2D eigenvalue weighted by Gasteiger charge is 2.35. The highest BCUT2D eigenvalue weighted by molar-refractivity contribution is 5.99. The fourth-order valence-electron chi connectivity index (χ4n) is 2.89. The van der Waals surface area contributed by atoms with Crippen LogP contribution in [-0.2, 0) is 24.0 Å². The van der Waals surface area contributed by atoms with Crippen LogP contribution < -0.4 is 0 Å². The Morgan fingerprint density at radius 1 is 1.22 bits per heavy atom. The Labute approximate surface area is 103 Å². The summed E-state index contributed by atoms with van der Waals surface area (Å²) in [5, 5.41) is 19.5. The maximum atomic E-state index is 11.9. The van der Waals surface area contributed by atoms with Crippen molar-refractivity contribution in [3.63, 3.8) is 0 Å². The van der Waals surface area contributed by atoms with Crippen LogP contribution in [0.4, 0.5) is 0 Å². The molecule has 0 saturated carbocycles. The minimum Gasteiger partial charge on any atom is -0.507 e. The lowest BCUT2D eigenvalue weighted by atomic mass is 9.89. The number of aliphatic hydroxyl groups excluding tert-OH is 1. The summed E-state index contributed by atoms with van der Waals surface area (Å²) >= 11 is 0. The molecule has 1 heterocycles. The van der Waals surface area contributed by atoms with Crippen molar-refractivity contribution in [3.05, 3.63) is 27.8 Å². The molecular formula is C13H12O5. The minimum atomic E-state index is -1.25. The quantitative estimate of drug-likeness (QED) is 0.565. The molecule has 0 spiro atoms. The number of ether oxygens (including phenoxy) is 1. The van der Waals surface area contributed by atoms with E-state index in [0.29, 0.717) is 35.8 Å². The number of phenols is 1. The number of cyclic esters (lactones) is 1. The summed E-state index contributed by atoms with van der Waals surface area (Å²) in [4.78, 5) is 23.0. The summed E-state index contributed by atoms with van der Waals surface area (Å²) < 4.78 is 4.80. The predicted octanol–water partition coefficient (Wildman–Crippen LogP) is 0.725. The molecule has 5 heteroatoms. The number of fused-ring (bicyclic) bond motifs is 3. The van der Waals surface area contributed by atoms with Crippen molar-refractivity contribution < 1.29 is 24.5 Å². The Balaban J connectivity index is 2.35. The van der Waals surface area contributed by atoms with Crippen molar-refractivity contribution in [2.75, 3.05) is 0 Å². The standard InChI is InChI=1S/C13H12O5/c14-5-9-8-4-10(15)18-13(17)11(8)6-2-1-3-7(6)12(9)16/h5,10,15-16H,1-4H2. The summed E-state index contributed by atoms with van der Waals surface area (Å²) in [5.74, 6) is -0.650. The Bertz CT molecular complexity index is 561. The highest BCUT2D eigenvalue weighted by atomic mass is 16.6. The lowest BCUT2D eigenvalue weighted by Gasteiger charge is -2.25. The van der Waals surface area contributed by atoms with Gasteiger partial charge >= 0.3 is 5.97 Å². The number of phenolic OH excluding ortho intramolecular Hbond substituents is 1. The molecule has 1 unspecified atom stereocenters. The number of carbonyl (C=O) groups is 2. The first kappa shape index (κ1) is 11.2. The largest absolute Gasteiger partial charge is 0.507 e. The Kier molecular flexibility index (Phi) is 2.38. The van der Waals surface area contributed by atoms with Gasteiger partial charge in [0.2, 0.25) is 6.29 Å². The second-order valence-corrected chi connectivity index (χ2v) is 4.61. The Hall–Kier alpha value is -1.88. The second kappa shape index (κ2) is 3.81. The van der Waals surface area contributed by atoms with Gasteiger partial charge in [-0.05, 0) is 36.0 Å². The van der Waals surface area contributed by atoms with E-state index in [2.05, 4.69) is 0 Å². The number of esters is 1. The normalized spacial score (nSPS) is 21.2. The molecule has 0 fully saturated rings. The number of benzene rings is 1. The molecule has 1 aromatic rings. The first-order chi connectivity index (χ1) is 8.63. The molecular weight excluding hydrogens is 236 g/mol. The van der Waals surface area contributed by atoms with Crippen LogP contribution in [0.15, 0.2) is 0 Å². The molecule has 1 aliphatic carbocycles. The Morgan fingerprint density at radius 2 is 1.94 bits per heavy atom. The topological polar surface area (TPSA) is 83.8 Å². The average Bonchev–Trinajstić information content (AvgIpc) is 2.77. The molecule has 0 saturated heterocycles. The lowest BCUT2D eigenvalue weighted by Crippen LogP contribution is -2.29. The van der Waals surface area contributed by atoms with Crippen molar-refractivity contribution in [3.8, 4) is 5.75 Å². The molecule has 1 atom stereocenters. The second-order valence-electron chi connectivity index (χ2n) is 4.61. The predicted molar refractivity (Wildman–Crippen MR) is 60.6 cm³/mol. The van der Waals surface area contributed by atoms with E-state index in [4.69, 9.17) is 4.74 Å². The maximum Gasteiger partial charge on any atom is 0.341 e. The third kappa shape index (κ3) is 1.37. The van der Waals surface area contributed by atoms with Gasteiger partial charge in [-0.25, -0.2) is 4.79 Å². The zero-order valence-electron chi connectivity index (χ0n) is 9.60. The van der Waals surface area contributed by atoms with E-state index in [1.165, 1.54) is 0 Å². The van der Waals surface area contributed by atoms with Crippen LogP contribution in [0, 0.1) is 0 Å². The van der Waals surface area contributed by atoms with Crippen LogP contribution in [0.5, 0.6) is 5.75 Å². The van der Waals surface area contributed by atoms with Crippen molar-refractivity contribution in [2.24, 2.45) is 0 Å². The summed E-state index contributed by atoms with van der Waals surface area (Å²) in [5.41, 5.74) is 2.33. The van der Waals surface area contributed by atoms with Crippen LogP contribution >= 0.6 is 0 Å². The van der Waals surface area contributed by atoms with Crippen LogP contribution in [0.3, 0.4) is 0 Å². The van der Waals surface area contributed by atoms with Crippen LogP contribution in [0.25, 0.3) is 0 Å². The highest BCUT2D eigenvalue weighted by Crippen LogP contribution is 2.40. The van der Waals surface area contributed by atoms with E-state index in [1.807, 2.05) is 0 Å². The van der Waals surface area contributed by atoms with E-state index < -0.39 is 12.3 Å². The van der Waals surface area contributed by atoms with E-state index in [0.717, 1.165) is 12.0 Å². The zero-order chi connectivity index (χ0) is 12.9. The van der Waals surface area contributed by atoms with Gasteiger partial charge in [0.1, 0.15) is 5.75 Å². The molecule has 1 aliphatic heterocycles. The number of aliphatic hydroxyl groups is 1. The van der Waals surface area contributed by atoms with Crippen LogP contribution in [-0.4, -0.2) is 28.8 Å². The van der Waals surface area contributed by atoms with E-state index in [-0.39, 0.29) is 17.7 Å². The van der Waals surface area contributed by atoms with E-state index in [9.17, 15) is 19.8 Å². The molecule has 0 aromatic heterocycles. The fraction of sp³-hybridized carbons (Fsp3) is 0.385. The smallest absolute Gasteiger partial charge is 0.341 e. The van der Waals surface area contributed by atoms with Gasteiger partial charge in [0, 0.05) is 6.42 Å². The molecule has 18 heavy (non-hydrogen) atoms. The van der Waals surface area contributed by atoms with Gasteiger partial charge < -0.3 is 14.9 Å². The van der Waals surface area contributed by atoms with Crippen LogP contribution in [0.2, 0.25) is 0 Å². The molecule has 0 radical (unpaired) electrons. The average molecular weight is 248 g/mol. The first-order valence-corrected chi connectivity index (χ1v) is 5.87. The number of aromatic hydroxyl groups is 1. The van der Waals surface area contributed by atoms with Crippen LogP contribution in [0.1, 0.15) is 43.8 Å². The molecule has 5 nitrogen and oxygen atoms in total. The van der Waals surface area contributed by atoms with Gasteiger partial charge in [0.25, 0.3) is 0 Å². The van der Waals surface area contributed by atoms with Gasteiger partial charge in [-0.15, -0.1) is 0 Å². The summed E-state index contributed by atoms with van der Waals surface area (Å²) in [6.45, 7) is 0. The number of hydrogen-bond donors (Lipinski definition) is 2. The number of rotatable bonds is 1. The van der Waals surface area contributed by atoms with Gasteiger partial charge in [-0.2, -0.15) is 0 Å². The Morgan fingerprint density at radius 3 is 2.67 bits per heavy atom. The third-order valence-electron chi connectivity index (χ3n) is 3.63. The molecule has 0 amide bonds. The van der Waals surface area contributed by atoms with Crippen molar-refractivity contribution >= 4 is 12.3 Å². The van der Waals surface area contributed by atoms with Gasteiger partial charge in [-0.1, -0.05) is 0 Å². The fourth-order valence-corrected chi connectivity index (χ4v) is 2.89. The van der Waals surface area contributed by atoms with E-state index in [1.54, 1.807) is 0 Å². The lowest BCUT2D eigenvalue weighted by molar-refractivity contribution is -0.0688. The summed E-state index contributed by atoms with van der Waals surface area (Å²) in [6.07, 6.45) is 1.53. The zero-order valence-corrected chi connectivity index (χ0v) is 9.60. The molecule has 0 bridgehead atoms. The first-order valence-electron chi connectivity index (χ1n) is 5.87. The van der Waals surface area contributed by atoms with Crippen molar-refractivity contribution in [2.45, 2.75) is 32.0 Å². The van der Waals surface area contributed by atoms with Crippen molar-refractivity contribution in [1.82, 2.24) is 0 Å². The number of carbonyl (C=O) groups excluding carboxylic acids is 2. The molecule has 2 aliphatic rings. The van der Waals surface area contributed by atoms with Gasteiger partial charge in [-0.3, -0.25) is 4.79 Å². The SMILES string of the molecule is O=Cc1c(O)c2c(c3c1CC(O)OC3=O)CCC2. The summed E-state index contributed by atoms with van der Waals surface area (Å²) in [7, 11) is 0. The maximum absolute atomic E-state index is 11.9. The molecule has 1 aromatic carbocycles. The number of aldehydes is 1.